The molecule has 0 unspecified atom stereocenters. The van der Waals surface area contributed by atoms with Gasteiger partial charge in [-0.2, -0.15) is 0 Å². The highest BCUT2D eigenvalue weighted by molar-refractivity contribution is 5.98. The van der Waals surface area contributed by atoms with Crippen molar-refractivity contribution in [3.63, 3.8) is 0 Å². The Morgan fingerprint density at radius 3 is 2.59 bits per heavy atom. The molecule has 0 bridgehead atoms. The number of aromatic nitrogens is 2. The van der Waals surface area contributed by atoms with Crippen LogP contribution in [0, 0.1) is 6.92 Å². The van der Waals surface area contributed by atoms with Crippen molar-refractivity contribution in [1.82, 2.24) is 9.55 Å². The van der Waals surface area contributed by atoms with E-state index in [4.69, 9.17) is 14.5 Å². The molecular weight excluding hydrogens is 516 g/mol. The van der Waals surface area contributed by atoms with Gasteiger partial charge in [-0.3, -0.25) is 9.59 Å². The molecule has 1 fully saturated rings. The molecule has 3 aromatic carbocycles. The average molecular weight is 555 g/mol. The van der Waals surface area contributed by atoms with Crippen LogP contribution in [0.3, 0.4) is 0 Å². The fourth-order valence-electron chi connectivity index (χ4n) is 6.01. The molecule has 2 atom stereocenters. The molecular formula is C33H38N4O4. The van der Waals surface area contributed by atoms with Crippen LogP contribution in [-0.2, 0) is 27.3 Å². The van der Waals surface area contributed by atoms with Crippen LogP contribution in [0.1, 0.15) is 43.1 Å². The zero-order valence-corrected chi connectivity index (χ0v) is 24.5. The number of hydrogen-bond acceptors (Lipinski definition) is 5. The Labute approximate surface area is 241 Å². The number of nitrogens with zero attached hydrogens (tertiary/aromatic N) is 4. The van der Waals surface area contributed by atoms with E-state index in [1.807, 2.05) is 84.0 Å². The van der Waals surface area contributed by atoms with Crippen molar-refractivity contribution < 1.29 is 19.1 Å². The summed E-state index contributed by atoms with van der Waals surface area (Å²) < 4.78 is 13.0. The minimum atomic E-state index is -0.179. The smallest absolute Gasteiger partial charge is 0.247 e. The first-order chi connectivity index (χ1) is 19.9. The number of imidazole rings is 1. The molecule has 0 aliphatic carbocycles. The Morgan fingerprint density at radius 1 is 1.07 bits per heavy atom. The van der Waals surface area contributed by atoms with E-state index in [9.17, 15) is 9.59 Å². The van der Waals surface area contributed by atoms with E-state index in [0.29, 0.717) is 25.3 Å². The lowest BCUT2D eigenvalue weighted by Gasteiger charge is -2.32. The first-order valence-corrected chi connectivity index (χ1v) is 14.2. The molecule has 0 spiro atoms. The summed E-state index contributed by atoms with van der Waals surface area (Å²) >= 11 is 0. The monoisotopic (exact) mass is 554 g/mol. The Kier molecular flexibility index (Phi) is 8.40. The van der Waals surface area contributed by atoms with Crippen LogP contribution in [0.25, 0.3) is 11.0 Å². The Hall–Kier alpha value is -4.17. The van der Waals surface area contributed by atoms with Gasteiger partial charge in [0.05, 0.1) is 42.2 Å². The zero-order chi connectivity index (χ0) is 29.1. The lowest BCUT2D eigenvalue weighted by atomic mass is 10.0. The second-order valence-corrected chi connectivity index (χ2v) is 10.6. The van der Waals surface area contributed by atoms with Crippen molar-refractivity contribution in [1.29, 1.82) is 0 Å². The number of amides is 2. The molecule has 41 heavy (non-hydrogen) atoms. The van der Waals surface area contributed by atoms with Gasteiger partial charge in [0.1, 0.15) is 18.1 Å². The predicted octanol–water partition coefficient (Wildman–Crippen LogP) is 5.50. The lowest BCUT2D eigenvalue weighted by Crippen LogP contribution is -2.44. The van der Waals surface area contributed by atoms with Gasteiger partial charge in [-0.15, -0.1) is 0 Å². The molecule has 4 aromatic rings. The van der Waals surface area contributed by atoms with Crippen molar-refractivity contribution >= 4 is 34.2 Å². The second kappa shape index (κ2) is 12.1. The van der Waals surface area contributed by atoms with E-state index in [2.05, 4.69) is 13.0 Å². The fraction of sp³-hybridized carbons (Fsp3) is 0.364. The molecule has 2 amide bonds. The van der Waals surface area contributed by atoms with Gasteiger partial charge in [0.15, 0.2) is 0 Å². The van der Waals surface area contributed by atoms with Crippen molar-refractivity contribution in [3.05, 3.63) is 83.7 Å². The Morgan fingerprint density at radius 2 is 1.83 bits per heavy atom. The zero-order valence-electron chi connectivity index (χ0n) is 24.5. The number of ether oxygens (including phenoxy) is 2. The second-order valence-electron chi connectivity index (χ2n) is 10.6. The van der Waals surface area contributed by atoms with E-state index < -0.39 is 0 Å². The van der Waals surface area contributed by atoms with Crippen LogP contribution in [0.15, 0.2) is 66.7 Å². The first kappa shape index (κ1) is 28.4. The molecule has 8 heteroatoms. The molecule has 1 aliphatic heterocycles. The summed E-state index contributed by atoms with van der Waals surface area (Å²) in [5.74, 6) is 1.17. The van der Waals surface area contributed by atoms with Crippen LogP contribution in [0.5, 0.6) is 5.75 Å². The number of para-hydroxylation sites is 5. The SMILES string of the molecule is CCc1cccc(C)c1N(C(=O)Cn1c([C@@H]2CC(=O)N(c3ccccc3OC)C2)nc2ccccc21)[C@H](C)COC. The van der Waals surface area contributed by atoms with E-state index in [1.165, 1.54) is 0 Å². The number of carbonyl (C=O) groups excluding carboxylic acids is 2. The summed E-state index contributed by atoms with van der Waals surface area (Å²) in [5.41, 5.74) is 5.52. The van der Waals surface area contributed by atoms with Gasteiger partial charge >= 0.3 is 0 Å². The standard InChI is InChI=1S/C33H38N4O4/c1-6-24-13-11-12-22(2)32(24)37(23(3)21-40-4)31(39)20-36-27-15-8-7-14-26(27)34-33(36)25-18-30(38)35(19-25)28-16-9-10-17-29(28)41-5/h7-17,23,25H,6,18-21H2,1-5H3/t23-,25-/m1/s1. The van der Waals surface area contributed by atoms with E-state index >= 15 is 0 Å². The Bertz CT molecular complexity index is 1560. The molecule has 214 valence electrons. The maximum atomic E-state index is 14.3. The minimum Gasteiger partial charge on any atom is -0.495 e. The van der Waals surface area contributed by atoms with Gasteiger partial charge in [0.2, 0.25) is 11.8 Å². The highest BCUT2D eigenvalue weighted by atomic mass is 16.5. The van der Waals surface area contributed by atoms with Crippen LogP contribution < -0.4 is 14.5 Å². The predicted molar refractivity (Wildman–Crippen MR) is 162 cm³/mol. The van der Waals surface area contributed by atoms with E-state index in [1.54, 1.807) is 19.1 Å². The molecule has 1 aromatic heterocycles. The summed E-state index contributed by atoms with van der Waals surface area (Å²) in [6, 6.07) is 21.4. The van der Waals surface area contributed by atoms with Gasteiger partial charge in [-0.05, 0) is 55.7 Å². The molecule has 2 heterocycles. The van der Waals surface area contributed by atoms with Gasteiger partial charge in [-0.25, -0.2) is 4.98 Å². The van der Waals surface area contributed by atoms with Crippen LogP contribution in [0.2, 0.25) is 0 Å². The number of methoxy groups -OCH3 is 2. The van der Waals surface area contributed by atoms with Gasteiger partial charge < -0.3 is 23.8 Å². The number of rotatable bonds is 10. The highest BCUT2D eigenvalue weighted by Gasteiger charge is 2.37. The molecule has 1 saturated heterocycles. The largest absolute Gasteiger partial charge is 0.495 e. The number of carbonyl (C=O) groups is 2. The fourth-order valence-corrected chi connectivity index (χ4v) is 6.01. The Balaban J connectivity index is 1.54. The number of anilines is 2. The molecule has 0 N–H and O–H groups in total. The van der Waals surface area contributed by atoms with Gasteiger partial charge in [0.25, 0.3) is 0 Å². The minimum absolute atomic E-state index is 0.00674. The van der Waals surface area contributed by atoms with Crippen LogP contribution in [0.4, 0.5) is 11.4 Å². The maximum absolute atomic E-state index is 14.3. The topological polar surface area (TPSA) is 76.9 Å². The molecule has 0 radical (unpaired) electrons. The van der Waals surface area contributed by atoms with Crippen molar-refractivity contribution in [2.24, 2.45) is 0 Å². The van der Waals surface area contributed by atoms with E-state index in [0.717, 1.165) is 45.8 Å². The summed E-state index contributed by atoms with van der Waals surface area (Å²) in [5, 5.41) is 0. The number of benzene rings is 3. The van der Waals surface area contributed by atoms with Gasteiger partial charge in [-0.1, -0.05) is 49.4 Å². The average Bonchev–Trinajstić information content (AvgIpc) is 3.54. The summed E-state index contributed by atoms with van der Waals surface area (Å²) in [6.45, 7) is 7.13. The molecule has 5 rings (SSSR count). The molecule has 0 saturated carbocycles. The third-order valence-electron chi connectivity index (χ3n) is 7.90. The summed E-state index contributed by atoms with van der Waals surface area (Å²) in [6.07, 6.45) is 1.11. The normalized spacial score (nSPS) is 15.9. The highest BCUT2D eigenvalue weighted by Crippen LogP contribution is 2.37. The number of fused-ring (bicyclic) bond motifs is 1. The first-order valence-electron chi connectivity index (χ1n) is 14.2. The lowest BCUT2D eigenvalue weighted by molar-refractivity contribution is -0.120. The van der Waals surface area contributed by atoms with Crippen molar-refractivity contribution in [2.75, 3.05) is 37.2 Å². The van der Waals surface area contributed by atoms with Crippen LogP contribution >= 0.6 is 0 Å². The van der Waals surface area contributed by atoms with E-state index in [-0.39, 0.29) is 30.3 Å². The number of aryl methyl sites for hydroxylation is 2. The third kappa shape index (κ3) is 5.44. The summed E-state index contributed by atoms with van der Waals surface area (Å²) in [4.78, 5) is 36.2. The van der Waals surface area contributed by atoms with Crippen molar-refractivity contribution in [2.45, 2.75) is 52.1 Å². The third-order valence-corrected chi connectivity index (χ3v) is 7.90. The van der Waals surface area contributed by atoms with Crippen molar-refractivity contribution in [3.8, 4) is 5.75 Å². The quantitative estimate of drug-likeness (QED) is 0.259. The molecule has 8 nitrogen and oxygen atoms in total. The summed E-state index contributed by atoms with van der Waals surface area (Å²) in [7, 11) is 3.26. The molecule has 1 aliphatic rings. The maximum Gasteiger partial charge on any atom is 0.247 e. The van der Waals surface area contributed by atoms with Gasteiger partial charge in [0, 0.05) is 26.0 Å². The number of hydrogen-bond donors (Lipinski definition) is 0. The van der Waals surface area contributed by atoms with Crippen LogP contribution in [-0.4, -0.2) is 54.8 Å².